The third-order valence-electron chi connectivity index (χ3n) is 5.03. The third-order valence-corrected chi connectivity index (χ3v) is 6.19. The quantitative estimate of drug-likeness (QED) is 0.700. The number of carbonyl (C=O) groups excluding carboxylic acids is 1. The van der Waals surface area contributed by atoms with Crippen molar-refractivity contribution < 1.29 is 4.79 Å². The minimum Gasteiger partial charge on any atom is -0.369 e. The van der Waals surface area contributed by atoms with Gasteiger partial charge in [0.25, 0.3) is 5.91 Å². The van der Waals surface area contributed by atoms with Crippen LogP contribution in [0.5, 0.6) is 0 Å². The van der Waals surface area contributed by atoms with Crippen LogP contribution in [0.25, 0.3) is 10.8 Å². The van der Waals surface area contributed by atoms with Crippen molar-refractivity contribution in [3.05, 3.63) is 58.9 Å². The Bertz CT molecular complexity index is 982. The van der Waals surface area contributed by atoms with Crippen LogP contribution in [-0.4, -0.2) is 59.0 Å². The molecular weight excluding hydrogens is 384 g/mol. The first-order valence-corrected chi connectivity index (χ1v) is 10.5. The fraction of sp³-hybridized carbons (Fsp3) is 0.333. The van der Waals surface area contributed by atoms with Gasteiger partial charge in [0.15, 0.2) is 10.8 Å². The topological polar surface area (TPSA) is 74.2 Å². The Hall–Kier alpha value is -2.84. The molecule has 7 nitrogen and oxygen atoms in total. The molecule has 150 valence electrons. The molecule has 0 spiro atoms. The molecule has 3 heterocycles. The summed E-state index contributed by atoms with van der Waals surface area (Å²) >= 11 is 1.32. The monoisotopic (exact) mass is 408 g/mol. The van der Waals surface area contributed by atoms with E-state index in [1.54, 1.807) is 18.5 Å². The summed E-state index contributed by atoms with van der Waals surface area (Å²) in [5.41, 5.74) is 3.02. The van der Waals surface area contributed by atoms with Crippen LogP contribution in [0.15, 0.2) is 42.7 Å². The van der Waals surface area contributed by atoms with E-state index >= 15 is 0 Å². The zero-order chi connectivity index (χ0) is 20.2. The number of hydrogen-bond acceptors (Lipinski definition) is 7. The van der Waals surface area contributed by atoms with Gasteiger partial charge in [-0.3, -0.25) is 4.79 Å². The smallest absolute Gasteiger partial charge is 0.263 e. The molecule has 1 aromatic carbocycles. The molecule has 1 aliphatic rings. The summed E-state index contributed by atoms with van der Waals surface area (Å²) in [4.78, 5) is 31.1. The Morgan fingerprint density at radius 3 is 2.59 bits per heavy atom. The first-order chi connectivity index (χ1) is 14.1. The van der Waals surface area contributed by atoms with Crippen LogP contribution in [0.1, 0.15) is 20.9 Å². The maximum absolute atomic E-state index is 12.8. The number of carbonyl (C=O) groups is 1. The summed E-state index contributed by atoms with van der Waals surface area (Å²) in [6.07, 6.45) is 3.35. The largest absolute Gasteiger partial charge is 0.369 e. The molecule has 0 aliphatic carbocycles. The highest BCUT2D eigenvalue weighted by Gasteiger charge is 2.19. The average molecular weight is 409 g/mol. The Balaban J connectivity index is 1.46. The van der Waals surface area contributed by atoms with Gasteiger partial charge in [-0.1, -0.05) is 18.2 Å². The number of anilines is 1. The van der Waals surface area contributed by atoms with Crippen LogP contribution in [0.3, 0.4) is 0 Å². The number of thiazole rings is 1. The lowest BCUT2D eigenvalue weighted by molar-refractivity contribution is 0.0954. The number of benzene rings is 1. The number of nitrogens with zero attached hydrogens (tertiary/aromatic N) is 5. The van der Waals surface area contributed by atoms with Gasteiger partial charge in [-0.25, -0.2) is 15.0 Å². The van der Waals surface area contributed by atoms with Crippen LogP contribution >= 0.6 is 11.3 Å². The maximum atomic E-state index is 12.8. The number of amides is 1. The number of rotatable bonds is 5. The van der Waals surface area contributed by atoms with Crippen LogP contribution in [0.2, 0.25) is 0 Å². The van der Waals surface area contributed by atoms with Crippen molar-refractivity contribution in [2.45, 2.75) is 13.5 Å². The second kappa shape index (κ2) is 8.67. The predicted molar refractivity (Wildman–Crippen MR) is 115 cm³/mol. The number of hydrogen-bond donors (Lipinski definition) is 1. The molecule has 4 rings (SSSR count). The molecule has 0 atom stereocenters. The standard InChI is InChI=1S/C21H24N6OS/c1-15-18(29-21(25-15)19-22-8-5-9-23-19)20(28)24-14-16-6-3-4-7-17(16)27-12-10-26(2)11-13-27/h3-9H,10-14H2,1-2H3,(H,24,28). The zero-order valence-electron chi connectivity index (χ0n) is 16.6. The van der Waals surface area contributed by atoms with Crippen molar-refractivity contribution in [1.82, 2.24) is 25.2 Å². The summed E-state index contributed by atoms with van der Waals surface area (Å²) in [5.74, 6) is 0.426. The molecule has 1 saturated heterocycles. The van der Waals surface area contributed by atoms with Crippen molar-refractivity contribution in [1.29, 1.82) is 0 Å². The molecule has 1 fully saturated rings. The van der Waals surface area contributed by atoms with Gasteiger partial charge in [-0.2, -0.15) is 0 Å². The molecule has 0 bridgehead atoms. The first kappa shape index (κ1) is 19.5. The minimum absolute atomic E-state index is 0.115. The van der Waals surface area contributed by atoms with E-state index in [1.165, 1.54) is 17.0 Å². The fourth-order valence-corrected chi connectivity index (χ4v) is 4.32. The van der Waals surface area contributed by atoms with E-state index in [0.717, 1.165) is 31.7 Å². The molecule has 1 amide bonds. The predicted octanol–water partition coefficient (Wildman–Crippen LogP) is 2.59. The average Bonchev–Trinajstić information content (AvgIpc) is 3.15. The summed E-state index contributed by atoms with van der Waals surface area (Å²) < 4.78 is 0. The van der Waals surface area contributed by atoms with Crippen molar-refractivity contribution in [2.75, 3.05) is 38.1 Å². The van der Waals surface area contributed by atoms with E-state index in [1.807, 2.05) is 13.0 Å². The van der Waals surface area contributed by atoms with E-state index in [-0.39, 0.29) is 5.91 Å². The first-order valence-electron chi connectivity index (χ1n) is 9.66. The van der Waals surface area contributed by atoms with Gasteiger partial charge in [0.1, 0.15) is 4.88 Å². The molecule has 0 radical (unpaired) electrons. The van der Waals surface area contributed by atoms with Gasteiger partial charge in [-0.15, -0.1) is 11.3 Å². The van der Waals surface area contributed by atoms with Crippen molar-refractivity contribution >= 4 is 22.9 Å². The highest BCUT2D eigenvalue weighted by molar-refractivity contribution is 7.17. The zero-order valence-corrected chi connectivity index (χ0v) is 17.4. The van der Waals surface area contributed by atoms with E-state index < -0.39 is 0 Å². The number of aromatic nitrogens is 3. The molecule has 1 N–H and O–H groups in total. The van der Waals surface area contributed by atoms with Crippen LogP contribution < -0.4 is 10.2 Å². The fourth-order valence-electron chi connectivity index (χ4n) is 3.38. The molecule has 8 heteroatoms. The van der Waals surface area contributed by atoms with E-state index in [9.17, 15) is 4.79 Å². The Morgan fingerprint density at radius 1 is 1.10 bits per heavy atom. The van der Waals surface area contributed by atoms with Gasteiger partial charge in [0, 0.05) is 50.8 Å². The second-order valence-electron chi connectivity index (χ2n) is 7.11. The molecule has 0 unspecified atom stereocenters. The summed E-state index contributed by atoms with van der Waals surface area (Å²) in [5, 5.41) is 3.72. The molecule has 3 aromatic rings. The van der Waals surface area contributed by atoms with Crippen molar-refractivity contribution in [2.24, 2.45) is 0 Å². The number of aryl methyl sites for hydroxylation is 1. The molecule has 1 aliphatic heterocycles. The summed E-state index contributed by atoms with van der Waals surface area (Å²) in [6, 6.07) is 10.0. The van der Waals surface area contributed by atoms with Crippen LogP contribution in [0.4, 0.5) is 5.69 Å². The van der Waals surface area contributed by atoms with Crippen LogP contribution in [-0.2, 0) is 6.54 Å². The van der Waals surface area contributed by atoms with Gasteiger partial charge >= 0.3 is 0 Å². The highest BCUT2D eigenvalue weighted by Crippen LogP contribution is 2.26. The van der Waals surface area contributed by atoms with Crippen molar-refractivity contribution in [3.8, 4) is 10.8 Å². The second-order valence-corrected chi connectivity index (χ2v) is 8.11. The number of piperazine rings is 1. The van der Waals surface area contributed by atoms with E-state index in [4.69, 9.17) is 0 Å². The SMILES string of the molecule is Cc1nc(-c2ncccn2)sc1C(=O)NCc1ccccc1N1CCN(C)CC1. The molecule has 0 saturated carbocycles. The van der Waals surface area contributed by atoms with Gasteiger partial charge < -0.3 is 15.1 Å². The number of nitrogens with one attached hydrogen (secondary N) is 1. The lowest BCUT2D eigenvalue weighted by Gasteiger charge is -2.35. The Morgan fingerprint density at radius 2 is 1.83 bits per heavy atom. The maximum Gasteiger partial charge on any atom is 0.263 e. The lowest BCUT2D eigenvalue weighted by Crippen LogP contribution is -2.45. The minimum atomic E-state index is -0.115. The van der Waals surface area contributed by atoms with E-state index in [0.29, 0.717) is 27.9 Å². The highest BCUT2D eigenvalue weighted by atomic mass is 32.1. The van der Waals surface area contributed by atoms with E-state index in [2.05, 4.69) is 55.3 Å². The number of para-hydroxylation sites is 1. The Kier molecular flexibility index (Phi) is 5.82. The van der Waals surface area contributed by atoms with Crippen LogP contribution in [0, 0.1) is 6.92 Å². The van der Waals surface area contributed by atoms with Gasteiger partial charge in [-0.05, 0) is 31.7 Å². The number of likely N-dealkylation sites (N-methyl/N-ethyl adjacent to an activating group) is 1. The van der Waals surface area contributed by atoms with Crippen molar-refractivity contribution in [3.63, 3.8) is 0 Å². The molecular formula is C21H24N6OS. The van der Waals surface area contributed by atoms with Gasteiger partial charge in [0.05, 0.1) is 5.69 Å². The lowest BCUT2D eigenvalue weighted by atomic mass is 10.1. The normalized spacial score (nSPS) is 14.8. The Labute approximate surface area is 174 Å². The summed E-state index contributed by atoms with van der Waals surface area (Å²) in [6.45, 7) is 6.41. The molecule has 29 heavy (non-hydrogen) atoms. The van der Waals surface area contributed by atoms with Gasteiger partial charge in [0.2, 0.25) is 0 Å². The molecule has 2 aromatic heterocycles. The summed E-state index contributed by atoms with van der Waals surface area (Å²) in [7, 11) is 2.15. The third kappa shape index (κ3) is 4.44.